The molecule has 2 aliphatic rings. The largest absolute Gasteiger partial charge is 0.471 e. The number of nitrogens with one attached hydrogen (secondary N) is 1. The van der Waals surface area contributed by atoms with E-state index in [9.17, 15) is 22.0 Å². The average Bonchev–Trinajstić information content (AvgIpc) is 3.65. The second-order valence-corrected chi connectivity index (χ2v) is 12.1. The Balaban J connectivity index is 1.07. The fourth-order valence-corrected chi connectivity index (χ4v) is 6.00. The van der Waals surface area contributed by atoms with Crippen molar-refractivity contribution in [3.05, 3.63) is 82.2 Å². The van der Waals surface area contributed by atoms with Crippen LogP contribution >= 0.6 is 11.6 Å². The highest BCUT2D eigenvalue weighted by atomic mass is 35.5. The molecule has 10 nitrogen and oxygen atoms in total. The van der Waals surface area contributed by atoms with E-state index in [-0.39, 0.29) is 53.8 Å². The van der Waals surface area contributed by atoms with E-state index in [1.165, 1.54) is 30.5 Å². The topological polar surface area (TPSA) is 107 Å². The number of piperidine rings is 1. The molecule has 0 aliphatic carbocycles. The van der Waals surface area contributed by atoms with Gasteiger partial charge in [0.15, 0.2) is 11.6 Å². The molecule has 1 aromatic carbocycles. The first kappa shape index (κ1) is 32.3. The standard InChI is InChI=1S/C31H27ClF6N8O2/c32-17-2-1-16(21(34)9-17)15-48-29-20(33)3-4-23(41-29)19-5-7-45(13-22(19)35)14-27-40-24-10-25(28-42-30(44-43-28)31(36,37)38)39-11-26(24)46(27)12-18-6-8-47-18/h1-4,9-11,18-19,22H,5-8,12-15H2,(H,42,43,44). The Labute approximate surface area is 274 Å². The third-order valence-corrected chi connectivity index (χ3v) is 8.71. The third-order valence-electron chi connectivity index (χ3n) is 8.48. The van der Waals surface area contributed by atoms with E-state index in [0.29, 0.717) is 48.7 Å². The van der Waals surface area contributed by atoms with Gasteiger partial charge in [0, 0.05) is 29.7 Å². The van der Waals surface area contributed by atoms with Gasteiger partial charge in [-0.05, 0) is 49.7 Å². The minimum absolute atomic E-state index is 0.0405. The summed E-state index contributed by atoms with van der Waals surface area (Å²) < 4.78 is 96.6. The average molecular weight is 693 g/mol. The van der Waals surface area contributed by atoms with Crippen LogP contribution in [0.5, 0.6) is 5.88 Å². The van der Waals surface area contributed by atoms with E-state index in [2.05, 4.69) is 25.1 Å². The number of pyridine rings is 2. The van der Waals surface area contributed by atoms with Crippen LogP contribution in [-0.4, -0.2) is 71.6 Å². The van der Waals surface area contributed by atoms with Crippen molar-refractivity contribution in [3.63, 3.8) is 0 Å². The molecule has 0 radical (unpaired) electrons. The number of imidazole rings is 1. The zero-order chi connectivity index (χ0) is 33.6. The molecule has 0 saturated carbocycles. The summed E-state index contributed by atoms with van der Waals surface area (Å²) in [6, 6.07) is 8.16. The number of aromatic nitrogens is 7. The van der Waals surface area contributed by atoms with Crippen LogP contribution in [0.2, 0.25) is 5.02 Å². The summed E-state index contributed by atoms with van der Waals surface area (Å²) in [5, 5.41) is 6.97. The Morgan fingerprint density at radius 2 is 1.88 bits per heavy atom. The van der Waals surface area contributed by atoms with Gasteiger partial charge in [-0.3, -0.25) is 9.88 Å². The molecule has 1 N–H and O–H groups in total. The highest BCUT2D eigenvalue weighted by molar-refractivity contribution is 6.30. The van der Waals surface area contributed by atoms with Gasteiger partial charge < -0.3 is 19.0 Å². The van der Waals surface area contributed by atoms with E-state index in [4.69, 9.17) is 26.1 Å². The number of ether oxygens (including phenoxy) is 2. The maximum atomic E-state index is 15.7. The summed E-state index contributed by atoms with van der Waals surface area (Å²) >= 11 is 5.79. The number of fused-ring (bicyclic) bond motifs is 1. The lowest BCUT2D eigenvalue weighted by atomic mass is 9.91. The molecule has 48 heavy (non-hydrogen) atoms. The number of rotatable bonds is 9. The molecular weight excluding hydrogens is 666 g/mol. The van der Waals surface area contributed by atoms with Crippen molar-refractivity contribution < 1.29 is 35.8 Å². The zero-order valence-corrected chi connectivity index (χ0v) is 25.8. The smallest absolute Gasteiger partial charge is 0.451 e. The molecular formula is C31H27ClF6N8O2. The Hall–Kier alpha value is -4.28. The summed E-state index contributed by atoms with van der Waals surface area (Å²) in [7, 11) is 0. The van der Waals surface area contributed by atoms with Gasteiger partial charge in [-0.15, -0.1) is 10.2 Å². The van der Waals surface area contributed by atoms with Crippen LogP contribution in [0.15, 0.2) is 42.6 Å². The first-order valence-corrected chi connectivity index (χ1v) is 15.5. The molecule has 0 spiro atoms. The Morgan fingerprint density at radius 3 is 2.58 bits per heavy atom. The second kappa shape index (κ2) is 13.0. The number of H-pyrrole nitrogens is 1. The van der Waals surface area contributed by atoms with Crippen LogP contribution in [0, 0.1) is 11.6 Å². The number of benzene rings is 1. The molecule has 4 aromatic heterocycles. The van der Waals surface area contributed by atoms with Crippen LogP contribution in [0.3, 0.4) is 0 Å². The van der Waals surface area contributed by atoms with Crippen LogP contribution in [0.25, 0.3) is 22.6 Å². The van der Waals surface area contributed by atoms with Crippen molar-refractivity contribution in [1.82, 2.24) is 39.6 Å². The van der Waals surface area contributed by atoms with Crippen molar-refractivity contribution >= 4 is 22.6 Å². The predicted octanol–water partition coefficient (Wildman–Crippen LogP) is 6.26. The maximum Gasteiger partial charge on any atom is 0.451 e. The Bertz CT molecular complexity index is 1950. The van der Waals surface area contributed by atoms with Crippen molar-refractivity contribution in [2.45, 2.75) is 56.9 Å². The molecule has 2 fully saturated rings. The van der Waals surface area contributed by atoms with E-state index in [1.54, 1.807) is 0 Å². The van der Waals surface area contributed by atoms with Gasteiger partial charge in [0.2, 0.25) is 5.82 Å². The molecule has 0 amide bonds. The van der Waals surface area contributed by atoms with Crippen LogP contribution in [-0.2, 0) is 30.6 Å². The fraction of sp³-hybridized carbons (Fsp3) is 0.387. The number of hydrogen-bond donors (Lipinski definition) is 1. The number of aromatic amines is 1. The predicted molar refractivity (Wildman–Crippen MR) is 160 cm³/mol. The third kappa shape index (κ3) is 6.69. The minimum atomic E-state index is -4.68. The summed E-state index contributed by atoms with van der Waals surface area (Å²) in [6.45, 7) is 1.63. The molecule has 3 unspecified atom stereocenters. The maximum absolute atomic E-state index is 15.7. The normalized spacial score (nSPS) is 20.3. The fourth-order valence-electron chi connectivity index (χ4n) is 5.84. The monoisotopic (exact) mass is 692 g/mol. The van der Waals surface area contributed by atoms with Crippen LogP contribution in [0.4, 0.5) is 26.3 Å². The first-order chi connectivity index (χ1) is 23.0. The van der Waals surface area contributed by atoms with Gasteiger partial charge in [0.25, 0.3) is 5.88 Å². The molecule has 3 atom stereocenters. The van der Waals surface area contributed by atoms with Gasteiger partial charge >= 0.3 is 6.18 Å². The van der Waals surface area contributed by atoms with Crippen LogP contribution in [0.1, 0.15) is 41.7 Å². The van der Waals surface area contributed by atoms with E-state index in [0.717, 1.165) is 18.6 Å². The molecule has 17 heteroatoms. The number of halogens is 7. The van der Waals surface area contributed by atoms with Gasteiger partial charge in [-0.25, -0.2) is 23.1 Å². The van der Waals surface area contributed by atoms with Crippen molar-refractivity contribution in [2.24, 2.45) is 0 Å². The summed E-state index contributed by atoms with van der Waals surface area (Å²) in [5.74, 6) is -3.10. The Kier molecular flexibility index (Phi) is 8.72. The number of alkyl halides is 4. The highest BCUT2D eigenvalue weighted by Crippen LogP contribution is 2.33. The van der Waals surface area contributed by atoms with E-state index in [1.807, 2.05) is 9.47 Å². The van der Waals surface area contributed by atoms with Crippen molar-refractivity contribution in [1.29, 1.82) is 0 Å². The van der Waals surface area contributed by atoms with Crippen molar-refractivity contribution in [3.8, 4) is 17.4 Å². The quantitative estimate of drug-likeness (QED) is 0.181. The number of likely N-dealkylation sites (tertiary alicyclic amines) is 1. The van der Waals surface area contributed by atoms with Gasteiger partial charge in [-0.1, -0.05) is 17.7 Å². The van der Waals surface area contributed by atoms with E-state index < -0.39 is 35.7 Å². The molecule has 2 aliphatic heterocycles. The lowest BCUT2D eigenvalue weighted by Crippen LogP contribution is -2.41. The molecule has 5 aromatic rings. The zero-order valence-electron chi connectivity index (χ0n) is 25.0. The molecule has 2 saturated heterocycles. The summed E-state index contributed by atoms with van der Waals surface area (Å²) in [5.41, 5.74) is 1.75. The minimum Gasteiger partial charge on any atom is -0.471 e. The van der Waals surface area contributed by atoms with Crippen molar-refractivity contribution in [2.75, 3.05) is 19.7 Å². The summed E-state index contributed by atoms with van der Waals surface area (Å²) in [6.07, 6.45) is -3.34. The first-order valence-electron chi connectivity index (χ1n) is 15.1. The lowest BCUT2D eigenvalue weighted by molar-refractivity contribution is -0.144. The van der Waals surface area contributed by atoms with E-state index >= 15 is 4.39 Å². The second-order valence-electron chi connectivity index (χ2n) is 11.7. The molecule has 252 valence electrons. The molecule has 7 rings (SSSR count). The highest BCUT2D eigenvalue weighted by Gasteiger charge is 2.36. The molecule has 0 bridgehead atoms. The summed E-state index contributed by atoms with van der Waals surface area (Å²) in [4.78, 5) is 17.4. The number of nitrogens with zero attached hydrogens (tertiary/aromatic N) is 7. The SMILES string of the molecule is Fc1cc(Cl)ccc1COc1nc(C2CCN(Cc3nc4cc(-c5nnc(C(F)(F)F)[nH]5)ncc4n3CC3CCO3)CC2F)ccc1F. The van der Waals surface area contributed by atoms with Gasteiger partial charge in [0.05, 0.1) is 42.1 Å². The lowest BCUT2D eigenvalue weighted by Gasteiger charge is -2.34. The van der Waals surface area contributed by atoms with Crippen LogP contribution < -0.4 is 4.74 Å². The molecule has 6 heterocycles. The van der Waals surface area contributed by atoms with Gasteiger partial charge in [-0.2, -0.15) is 13.2 Å². The van der Waals surface area contributed by atoms with Gasteiger partial charge in [0.1, 0.15) is 30.1 Å². The Morgan fingerprint density at radius 1 is 1.04 bits per heavy atom. The number of hydrogen-bond acceptors (Lipinski definition) is 8.